The fourth-order valence-corrected chi connectivity index (χ4v) is 1.92. The van der Waals surface area contributed by atoms with Gasteiger partial charge in [0.05, 0.1) is 12.1 Å². The molecule has 1 aliphatic rings. The zero-order valence-corrected chi connectivity index (χ0v) is 10.1. The van der Waals surface area contributed by atoms with Gasteiger partial charge in [0.25, 0.3) is 0 Å². The molecule has 0 aromatic rings. The smallest absolute Gasteiger partial charge is 0.315 e. The number of hydrogen-bond acceptors (Lipinski definition) is 1. The van der Waals surface area contributed by atoms with Crippen LogP contribution in [-0.4, -0.2) is 18.1 Å². The van der Waals surface area contributed by atoms with Gasteiger partial charge >= 0.3 is 6.03 Å². The Bertz CT molecular complexity index is 211. The molecule has 2 amide bonds. The Hall–Kier alpha value is -0.730. The first kappa shape index (κ1) is 11.3. The van der Waals surface area contributed by atoms with Gasteiger partial charge in [-0.05, 0) is 10.8 Å². The van der Waals surface area contributed by atoms with Gasteiger partial charge in [-0.15, -0.1) is 0 Å². The van der Waals surface area contributed by atoms with Crippen LogP contribution >= 0.6 is 0 Å². The Morgan fingerprint density at radius 3 is 1.36 bits per heavy atom. The maximum atomic E-state index is 11.3. The van der Waals surface area contributed by atoms with Gasteiger partial charge in [-0.2, -0.15) is 0 Å². The molecule has 3 nitrogen and oxygen atoms in total. The molecule has 1 heterocycles. The molecule has 1 aliphatic heterocycles. The van der Waals surface area contributed by atoms with Crippen LogP contribution in [0.25, 0.3) is 0 Å². The highest BCUT2D eigenvalue weighted by molar-refractivity contribution is 5.77. The van der Waals surface area contributed by atoms with Crippen molar-refractivity contribution in [3.05, 3.63) is 0 Å². The lowest BCUT2D eigenvalue weighted by atomic mass is 9.74. The SMILES string of the molecule is CC(C)(C)C1NC(=O)NC1C(C)(C)C. The van der Waals surface area contributed by atoms with E-state index in [4.69, 9.17) is 0 Å². The average molecular weight is 198 g/mol. The van der Waals surface area contributed by atoms with Crippen molar-refractivity contribution in [1.29, 1.82) is 0 Å². The maximum absolute atomic E-state index is 11.3. The largest absolute Gasteiger partial charge is 0.333 e. The van der Waals surface area contributed by atoms with Crippen molar-refractivity contribution in [2.75, 3.05) is 0 Å². The molecule has 0 bridgehead atoms. The van der Waals surface area contributed by atoms with E-state index in [-0.39, 0.29) is 28.9 Å². The molecule has 1 rings (SSSR count). The number of urea groups is 1. The second-order valence-electron chi connectivity index (χ2n) is 6.31. The molecule has 0 aliphatic carbocycles. The quantitative estimate of drug-likeness (QED) is 0.615. The summed E-state index contributed by atoms with van der Waals surface area (Å²) < 4.78 is 0. The van der Waals surface area contributed by atoms with E-state index in [0.717, 1.165) is 0 Å². The molecular weight excluding hydrogens is 176 g/mol. The molecule has 1 fully saturated rings. The molecule has 82 valence electrons. The minimum atomic E-state index is -0.0372. The molecular formula is C11H22N2O. The number of hydrogen-bond donors (Lipinski definition) is 2. The topological polar surface area (TPSA) is 41.1 Å². The highest BCUT2D eigenvalue weighted by Crippen LogP contribution is 2.33. The highest BCUT2D eigenvalue weighted by atomic mass is 16.2. The van der Waals surface area contributed by atoms with Crippen LogP contribution in [0.15, 0.2) is 0 Å². The fraction of sp³-hybridized carbons (Fsp3) is 0.909. The Kier molecular flexibility index (Phi) is 2.55. The molecule has 2 atom stereocenters. The van der Waals surface area contributed by atoms with Gasteiger partial charge in [0.1, 0.15) is 0 Å². The van der Waals surface area contributed by atoms with Gasteiger partial charge in [-0.1, -0.05) is 41.5 Å². The predicted molar refractivity (Wildman–Crippen MR) is 58.2 cm³/mol. The first-order valence-electron chi connectivity index (χ1n) is 5.19. The van der Waals surface area contributed by atoms with Gasteiger partial charge < -0.3 is 10.6 Å². The summed E-state index contributed by atoms with van der Waals surface area (Å²) in [6.07, 6.45) is 0. The van der Waals surface area contributed by atoms with E-state index in [0.29, 0.717) is 0 Å². The lowest BCUT2D eigenvalue weighted by molar-refractivity contribution is 0.184. The number of carbonyl (C=O) groups is 1. The Morgan fingerprint density at radius 1 is 0.857 bits per heavy atom. The minimum Gasteiger partial charge on any atom is -0.333 e. The van der Waals surface area contributed by atoms with E-state index < -0.39 is 0 Å². The first-order valence-corrected chi connectivity index (χ1v) is 5.19. The normalized spacial score (nSPS) is 28.6. The lowest BCUT2D eigenvalue weighted by Crippen LogP contribution is -2.50. The van der Waals surface area contributed by atoms with Gasteiger partial charge in [-0.25, -0.2) is 4.79 Å². The van der Waals surface area contributed by atoms with Crippen molar-refractivity contribution in [2.24, 2.45) is 10.8 Å². The van der Waals surface area contributed by atoms with Crippen LogP contribution in [0.3, 0.4) is 0 Å². The Morgan fingerprint density at radius 2 is 1.14 bits per heavy atom. The minimum absolute atomic E-state index is 0.0372. The van der Waals surface area contributed by atoms with Crippen LogP contribution in [0.2, 0.25) is 0 Å². The molecule has 1 saturated heterocycles. The van der Waals surface area contributed by atoms with Crippen molar-refractivity contribution >= 4 is 6.03 Å². The summed E-state index contributed by atoms with van der Waals surface area (Å²) in [6, 6.07) is 0.370. The second-order valence-corrected chi connectivity index (χ2v) is 6.31. The summed E-state index contributed by atoms with van der Waals surface area (Å²) >= 11 is 0. The molecule has 0 spiro atoms. The summed E-state index contributed by atoms with van der Waals surface area (Å²) in [7, 11) is 0. The Labute approximate surface area is 86.6 Å². The Balaban J connectivity index is 2.89. The maximum Gasteiger partial charge on any atom is 0.315 e. The first-order chi connectivity index (χ1) is 6.12. The highest BCUT2D eigenvalue weighted by Gasteiger charge is 2.44. The molecule has 0 saturated carbocycles. The monoisotopic (exact) mass is 198 g/mol. The standard InChI is InChI=1S/C11H22N2O/c1-10(2,3)7-8(11(4,5)6)13-9(14)12-7/h7-8H,1-6H3,(H2,12,13,14). The molecule has 0 aromatic heterocycles. The van der Waals surface area contributed by atoms with Crippen LogP contribution in [-0.2, 0) is 0 Å². The third-order valence-corrected chi connectivity index (χ3v) is 2.77. The van der Waals surface area contributed by atoms with E-state index in [1.807, 2.05) is 0 Å². The van der Waals surface area contributed by atoms with Crippen LogP contribution in [0.5, 0.6) is 0 Å². The molecule has 3 heteroatoms. The van der Waals surface area contributed by atoms with Crippen molar-refractivity contribution in [1.82, 2.24) is 10.6 Å². The third kappa shape index (κ3) is 2.20. The summed E-state index contributed by atoms with van der Waals surface area (Å²) in [5.41, 5.74) is 0.189. The van der Waals surface area contributed by atoms with E-state index in [1.165, 1.54) is 0 Å². The fourth-order valence-electron chi connectivity index (χ4n) is 1.92. The van der Waals surface area contributed by atoms with E-state index in [1.54, 1.807) is 0 Å². The van der Waals surface area contributed by atoms with Crippen LogP contribution in [0.1, 0.15) is 41.5 Å². The van der Waals surface area contributed by atoms with E-state index in [2.05, 4.69) is 52.2 Å². The summed E-state index contributed by atoms with van der Waals surface area (Å²) in [4.78, 5) is 11.3. The van der Waals surface area contributed by atoms with Crippen LogP contribution in [0, 0.1) is 10.8 Å². The van der Waals surface area contributed by atoms with Crippen LogP contribution < -0.4 is 10.6 Å². The van der Waals surface area contributed by atoms with Gasteiger partial charge in [0, 0.05) is 0 Å². The third-order valence-electron chi connectivity index (χ3n) is 2.77. The molecule has 2 N–H and O–H groups in total. The zero-order chi connectivity index (χ0) is 11.1. The number of carbonyl (C=O) groups excluding carboxylic acids is 1. The lowest BCUT2D eigenvalue weighted by Gasteiger charge is -2.37. The van der Waals surface area contributed by atoms with E-state index >= 15 is 0 Å². The summed E-state index contributed by atoms with van der Waals surface area (Å²) in [6.45, 7) is 12.9. The number of nitrogens with one attached hydrogen (secondary N) is 2. The van der Waals surface area contributed by atoms with Crippen molar-refractivity contribution < 1.29 is 4.79 Å². The molecule has 14 heavy (non-hydrogen) atoms. The van der Waals surface area contributed by atoms with Crippen molar-refractivity contribution in [3.63, 3.8) is 0 Å². The van der Waals surface area contributed by atoms with Crippen molar-refractivity contribution in [2.45, 2.75) is 53.6 Å². The molecule has 2 unspecified atom stereocenters. The van der Waals surface area contributed by atoms with Gasteiger partial charge in [0.2, 0.25) is 0 Å². The van der Waals surface area contributed by atoms with Gasteiger partial charge in [-0.3, -0.25) is 0 Å². The van der Waals surface area contributed by atoms with Gasteiger partial charge in [0.15, 0.2) is 0 Å². The zero-order valence-electron chi connectivity index (χ0n) is 10.1. The van der Waals surface area contributed by atoms with Crippen molar-refractivity contribution in [3.8, 4) is 0 Å². The number of rotatable bonds is 0. The van der Waals surface area contributed by atoms with Crippen LogP contribution in [0.4, 0.5) is 4.79 Å². The predicted octanol–water partition coefficient (Wildman–Crippen LogP) is 2.13. The second kappa shape index (κ2) is 3.14. The summed E-state index contributed by atoms with van der Waals surface area (Å²) in [5, 5.41) is 6.00. The van der Waals surface area contributed by atoms with E-state index in [9.17, 15) is 4.79 Å². The molecule has 0 aromatic carbocycles. The summed E-state index contributed by atoms with van der Waals surface area (Å²) in [5.74, 6) is 0. The average Bonchev–Trinajstić information content (AvgIpc) is 2.27. The number of amides is 2. The molecule has 0 radical (unpaired) electrons.